The minimum Gasteiger partial charge on any atom is -0.463 e. The minimum absolute atomic E-state index is 0.359. The average Bonchev–Trinajstić information content (AvgIpc) is 2.05. The Morgan fingerprint density at radius 1 is 1.36 bits per heavy atom. The van der Waals surface area contributed by atoms with E-state index in [1.807, 2.05) is 0 Å². The van der Waals surface area contributed by atoms with Crippen molar-refractivity contribution in [2.45, 2.75) is 6.92 Å². The highest BCUT2D eigenvalue weighted by Gasteiger charge is 1.86. The Kier molecular flexibility index (Phi) is 12.9. The van der Waals surface area contributed by atoms with E-state index in [1.165, 1.54) is 0 Å². The second-order valence-electron chi connectivity index (χ2n) is 1.43. The molecule has 0 aliphatic carbocycles. The van der Waals surface area contributed by atoms with Gasteiger partial charge in [-0.05, 0) is 6.92 Å². The predicted octanol–water partition coefficient (Wildman–Crippen LogP) is 2.09. The van der Waals surface area contributed by atoms with Gasteiger partial charge >= 0.3 is 5.97 Å². The van der Waals surface area contributed by atoms with Crippen molar-refractivity contribution in [2.24, 2.45) is 0 Å². The van der Waals surface area contributed by atoms with Crippen molar-refractivity contribution in [1.29, 1.82) is 0 Å². The summed E-state index contributed by atoms with van der Waals surface area (Å²) in [4.78, 5) is 10.1. The van der Waals surface area contributed by atoms with Gasteiger partial charge in [0.05, 0.1) is 6.61 Å². The van der Waals surface area contributed by atoms with E-state index in [1.54, 1.807) is 19.1 Å². The minimum atomic E-state index is -0.359. The average molecular weight is 154 g/mol. The van der Waals surface area contributed by atoms with E-state index in [4.69, 9.17) is 0 Å². The van der Waals surface area contributed by atoms with Gasteiger partial charge in [0.2, 0.25) is 0 Å². The Bertz CT molecular complexity index is 130. The lowest BCUT2D eigenvalue weighted by molar-refractivity contribution is -0.137. The van der Waals surface area contributed by atoms with E-state index in [2.05, 4.69) is 24.5 Å². The number of rotatable bonds is 3. The van der Waals surface area contributed by atoms with Gasteiger partial charge in [0.25, 0.3) is 0 Å². The molecule has 0 aromatic carbocycles. The molecule has 0 atom stereocenters. The predicted molar refractivity (Wildman–Crippen MR) is 47.2 cm³/mol. The number of esters is 1. The smallest absolute Gasteiger partial charge is 0.330 e. The molecular weight excluding hydrogens is 140 g/mol. The van der Waals surface area contributed by atoms with Crippen molar-refractivity contribution >= 4 is 5.97 Å². The molecule has 11 heavy (non-hydrogen) atoms. The summed E-state index contributed by atoms with van der Waals surface area (Å²) in [7, 11) is 0. The van der Waals surface area contributed by atoms with E-state index >= 15 is 0 Å². The third-order valence-corrected chi connectivity index (χ3v) is 0.620. The summed E-state index contributed by atoms with van der Waals surface area (Å²) in [5.41, 5.74) is 0. The third-order valence-electron chi connectivity index (χ3n) is 0.620. The lowest BCUT2D eigenvalue weighted by atomic mass is 10.6. The monoisotopic (exact) mass is 154 g/mol. The second kappa shape index (κ2) is 11.5. The number of ether oxygens (including phenoxy) is 1. The third kappa shape index (κ3) is 17.7. The first-order valence-electron chi connectivity index (χ1n) is 3.25. The van der Waals surface area contributed by atoms with Crippen molar-refractivity contribution in [3.05, 3.63) is 38.0 Å². The van der Waals surface area contributed by atoms with Crippen LogP contribution in [-0.4, -0.2) is 12.6 Å². The molecule has 0 aromatic rings. The van der Waals surface area contributed by atoms with Crippen LogP contribution in [-0.2, 0) is 9.53 Å². The molecule has 2 nitrogen and oxygen atoms in total. The molecule has 0 N–H and O–H groups in total. The van der Waals surface area contributed by atoms with E-state index in [9.17, 15) is 4.79 Å². The molecule has 0 radical (unpaired) electrons. The number of carbonyl (C=O) groups excluding carboxylic acids is 1. The summed E-state index contributed by atoms with van der Waals surface area (Å²) in [5.74, 6) is -0.359. The molecule has 0 aliphatic heterocycles. The Balaban J connectivity index is 0. The molecule has 0 aromatic heterocycles. The summed E-state index contributed by atoms with van der Waals surface area (Å²) in [5, 5.41) is 0. The van der Waals surface area contributed by atoms with Crippen LogP contribution in [0.3, 0.4) is 0 Å². The van der Waals surface area contributed by atoms with Gasteiger partial charge in [0.1, 0.15) is 0 Å². The number of allylic oxidation sites excluding steroid dienone is 2. The van der Waals surface area contributed by atoms with Crippen LogP contribution in [0.25, 0.3) is 0 Å². The first-order valence-corrected chi connectivity index (χ1v) is 3.25. The van der Waals surface area contributed by atoms with Gasteiger partial charge in [-0.1, -0.05) is 31.9 Å². The standard InChI is InChI=1S/C5H8O2.C4H6/c1-3-5(6)7-4-2;1-3-4-2/h3H,1,4H2,2H3;3-4H,1-2H2. The Labute approximate surface area is 67.9 Å². The maximum absolute atomic E-state index is 10.1. The normalized spacial score (nSPS) is 6.64. The molecule has 0 aliphatic rings. The highest BCUT2D eigenvalue weighted by Crippen LogP contribution is 1.74. The number of carbonyl (C=O) groups is 1. The molecule has 62 valence electrons. The summed E-state index contributed by atoms with van der Waals surface area (Å²) in [6.07, 6.45) is 4.42. The number of hydrogen-bond donors (Lipinski definition) is 0. The Morgan fingerprint density at radius 2 is 1.82 bits per heavy atom. The molecule has 0 heterocycles. The molecule has 0 unspecified atom stereocenters. The zero-order valence-electron chi connectivity index (χ0n) is 6.88. The van der Waals surface area contributed by atoms with Crippen molar-refractivity contribution in [1.82, 2.24) is 0 Å². The fourth-order valence-corrected chi connectivity index (χ4v) is 0.201. The van der Waals surface area contributed by atoms with Crippen LogP contribution < -0.4 is 0 Å². The van der Waals surface area contributed by atoms with Crippen molar-refractivity contribution in [3.8, 4) is 0 Å². The Hall–Kier alpha value is -1.31. The zero-order chi connectivity index (χ0) is 9.11. The first-order chi connectivity index (χ1) is 5.22. The number of hydrogen-bond acceptors (Lipinski definition) is 2. The van der Waals surface area contributed by atoms with Gasteiger partial charge in [-0.2, -0.15) is 0 Å². The van der Waals surface area contributed by atoms with E-state index < -0.39 is 0 Å². The van der Waals surface area contributed by atoms with Crippen LogP contribution in [0.4, 0.5) is 0 Å². The maximum atomic E-state index is 10.1. The fraction of sp³-hybridized carbons (Fsp3) is 0.222. The highest BCUT2D eigenvalue weighted by atomic mass is 16.5. The molecule has 0 spiro atoms. The van der Waals surface area contributed by atoms with Gasteiger partial charge in [-0.3, -0.25) is 0 Å². The van der Waals surface area contributed by atoms with Crippen LogP contribution in [0.1, 0.15) is 6.92 Å². The summed E-state index contributed by atoms with van der Waals surface area (Å²) in [6, 6.07) is 0. The molecule has 2 heteroatoms. The lowest BCUT2D eigenvalue weighted by Crippen LogP contribution is -1.97. The van der Waals surface area contributed by atoms with Gasteiger partial charge in [0.15, 0.2) is 0 Å². The van der Waals surface area contributed by atoms with E-state index in [0.717, 1.165) is 6.08 Å². The van der Waals surface area contributed by atoms with E-state index in [-0.39, 0.29) is 5.97 Å². The van der Waals surface area contributed by atoms with Gasteiger partial charge in [0, 0.05) is 6.08 Å². The zero-order valence-corrected chi connectivity index (χ0v) is 6.88. The second-order valence-corrected chi connectivity index (χ2v) is 1.43. The summed E-state index contributed by atoms with van der Waals surface area (Å²) < 4.78 is 4.43. The van der Waals surface area contributed by atoms with Crippen molar-refractivity contribution < 1.29 is 9.53 Å². The van der Waals surface area contributed by atoms with Crippen LogP contribution in [0.15, 0.2) is 38.0 Å². The van der Waals surface area contributed by atoms with Gasteiger partial charge < -0.3 is 4.74 Å². The molecule has 0 amide bonds. The molecular formula is C9H14O2. The largest absolute Gasteiger partial charge is 0.463 e. The van der Waals surface area contributed by atoms with E-state index in [0.29, 0.717) is 6.61 Å². The first kappa shape index (κ1) is 12.4. The summed E-state index contributed by atoms with van der Waals surface area (Å²) >= 11 is 0. The topological polar surface area (TPSA) is 26.3 Å². The van der Waals surface area contributed by atoms with Crippen LogP contribution in [0.2, 0.25) is 0 Å². The van der Waals surface area contributed by atoms with Crippen LogP contribution in [0, 0.1) is 0 Å². The van der Waals surface area contributed by atoms with Crippen LogP contribution in [0.5, 0.6) is 0 Å². The molecule has 0 bridgehead atoms. The molecule has 0 saturated carbocycles. The SMILES string of the molecule is C=CC(=O)OCC.C=CC=C. The maximum Gasteiger partial charge on any atom is 0.330 e. The van der Waals surface area contributed by atoms with Gasteiger partial charge in [-0.15, -0.1) is 0 Å². The van der Waals surface area contributed by atoms with Gasteiger partial charge in [-0.25, -0.2) is 4.79 Å². The molecule has 0 fully saturated rings. The molecule has 0 rings (SSSR count). The molecule has 0 saturated heterocycles. The van der Waals surface area contributed by atoms with Crippen molar-refractivity contribution in [3.63, 3.8) is 0 Å². The highest BCUT2D eigenvalue weighted by molar-refractivity contribution is 5.81. The Morgan fingerprint density at radius 3 is 1.91 bits per heavy atom. The summed E-state index contributed by atoms with van der Waals surface area (Å²) in [6.45, 7) is 12.1. The van der Waals surface area contributed by atoms with Crippen LogP contribution >= 0.6 is 0 Å². The fourth-order valence-electron chi connectivity index (χ4n) is 0.201. The van der Waals surface area contributed by atoms with Crippen molar-refractivity contribution in [2.75, 3.05) is 6.61 Å². The quantitative estimate of drug-likeness (QED) is 0.353. The lowest BCUT2D eigenvalue weighted by Gasteiger charge is -1.90.